The van der Waals surface area contributed by atoms with Crippen molar-refractivity contribution >= 4 is 38.8 Å². The van der Waals surface area contributed by atoms with E-state index in [1.165, 1.54) is 7.11 Å². The van der Waals surface area contributed by atoms with Crippen LogP contribution in [0.25, 0.3) is 22.7 Å². The van der Waals surface area contributed by atoms with Crippen LogP contribution in [-0.4, -0.2) is 23.0 Å². The maximum absolute atomic E-state index is 12.8. The van der Waals surface area contributed by atoms with Crippen LogP contribution >= 0.6 is 15.9 Å². The number of carbonyl (C=O) groups is 1. The predicted molar refractivity (Wildman–Crippen MR) is 111 cm³/mol. The van der Waals surface area contributed by atoms with E-state index in [0.717, 1.165) is 15.6 Å². The number of amides is 1. The van der Waals surface area contributed by atoms with Crippen molar-refractivity contribution in [3.8, 4) is 17.2 Å². The zero-order valence-corrected chi connectivity index (χ0v) is 16.8. The lowest BCUT2D eigenvalue weighted by molar-refractivity contribution is 0.102. The molecule has 0 radical (unpaired) electrons. The first-order valence-electron chi connectivity index (χ1n) is 8.52. The topological polar surface area (TPSA) is 77.2 Å². The van der Waals surface area contributed by atoms with E-state index < -0.39 is 0 Å². The standard InChI is InChI=1S/C21H16BrN3O3/c1-12-5-6-13(21-25-19-18(28-21)4-3-9-23-19)10-16(12)24-20(26)15-11-14(22)7-8-17(15)27-2/h3-11H,1-2H3,(H,24,26). The molecule has 0 spiro atoms. The number of anilines is 1. The predicted octanol–water partition coefficient (Wildman–Crippen LogP) is 5.22. The Labute approximate surface area is 169 Å². The number of ether oxygens (including phenoxy) is 1. The van der Waals surface area contributed by atoms with E-state index >= 15 is 0 Å². The van der Waals surface area contributed by atoms with Crippen LogP contribution in [0.5, 0.6) is 5.75 Å². The van der Waals surface area contributed by atoms with Gasteiger partial charge in [-0.05, 0) is 55.0 Å². The minimum Gasteiger partial charge on any atom is -0.496 e. The van der Waals surface area contributed by atoms with Gasteiger partial charge in [0.25, 0.3) is 5.91 Å². The molecule has 6 nitrogen and oxygen atoms in total. The molecule has 2 aromatic carbocycles. The Morgan fingerprint density at radius 2 is 2.04 bits per heavy atom. The van der Waals surface area contributed by atoms with Crippen molar-refractivity contribution in [2.45, 2.75) is 6.92 Å². The highest BCUT2D eigenvalue weighted by Gasteiger charge is 2.16. The largest absolute Gasteiger partial charge is 0.496 e. The number of fused-ring (bicyclic) bond motifs is 1. The van der Waals surface area contributed by atoms with Gasteiger partial charge in [0, 0.05) is 21.9 Å². The Hall–Kier alpha value is -3.19. The average molecular weight is 438 g/mol. The maximum atomic E-state index is 12.8. The lowest BCUT2D eigenvalue weighted by Gasteiger charge is -2.12. The van der Waals surface area contributed by atoms with Crippen LogP contribution in [-0.2, 0) is 0 Å². The number of aromatic nitrogens is 2. The molecule has 4 rings (SSSR count). The SMILES string of the molecule is COc1ccc(Br)cc1C(=O)Nc1cc(-c2nc3ncccc3o2)ccc1C. The zero-order valence-electron chi connectivity index (χ0n) is 15.2. The van der Waals surface area contributed by atoms with Crippen molar-refractivity contribution in [2.24, 2.45) is 0 Å². The van der Waals surface area contributed by atoms with Gasteiger partial charge in [0.05, 0.1) is 12.7 Å². The summed E-state index contributed by atoms with van der Waals surface area (Å²) < 4.78 is 11.9. The maximum Gasteiger partial charge on any atom is 0.259 e. The van der Waals surface area contributed by atoms with Crippen LogP contribution in [0.3, 0.4) is 0 Å². The molecular weight excluding hydrogens is 422 g/mol. The molecule has 0 saturated carbocycles. The molecule has 140 valence electrons. The van der Waals surface area contributed by atoms with E-state index in [2.05, 4.69) is 31.2 Å². The van der Waals surface area contributed by atoms with Crippen molar-refractivity contribution in [2.75, 3.05) is 12.4 Å². The number of hydrogen-bond donors (Lipinski definition) is 1. The third kappa shape index (κ3) is 3.48. The summed E-state index contributed by atoms with van der Waals surface area (Å²) in [5.74, 6) is 0.682. The van der Waals surface area contributed by atoms with Crippen LogP contribution in [0.4, 0.5) is 5.69 Å². The molecule has 7 heteroatoms. The Balaban J connectivity index is 1.68. The van der Waals surface area contributed by atoms with Gasteiger partial charge in [-0.25, -0.2) is 4.98 Å². The normalized spacial score (nSPS) is 10.8. The van der Waals surface area contributed by atoms with E-state index in [0.29, 0.717) is 34.1 Å². The van der Waals surface area contributed by atoms with Gasteiger partial charge < -0.3 is 14.5 Å². The average Bonchev–Trinajstić information content (AvgIpc) is 3.13. The lowest BCUT2D eigenvalue weighted by Crippen LogP contribution is -2.14. The highest BCUT2D eigenvalue weighted by atomic mass is 79.9. The van der Waals surface area contributed by atoms with Gasteiger partial charge in [-0.1, -0.05) is 22.0 Å². The fourth-order valence-corrected chi connectivity index (χ4v) is 3.19. The Morgan fingerprint density at radius 3 is 2.82 bits per heavy atom. The number of rotatable bonds is 4. The number of benzene rings is 2. The van der Waals surface area contributed by atoms with Gasteiger partial charge in [-0.2, -0.15) is 4.98 Å². The molecule has 2 heterocycles. The molecule has 0 atom stereocenters. The summed E-state index contributed by atoms with van der Waals surface area (Å²) in [5.41, 5.74) is 3.93. The van der Waals surface area contributed by atoms with Gasteiger partial charge in [-0.3, -0.25) is 4.79 Å². The molecule has 0 aliphatic heterocycles. The first-order chi connectivity index (χ1) is 13.5. The quantitative estimate of drug-likeness (QED) is 0.473. The van der Waals surface area contributed by atoms with E-state index in [9.17, 15) is 4.79 Å². The summed E-state index contributed by atoms with van der Waals surface area (Å²) in [6.07, 6.45) is 1.67. The first-order valence-corrected chi connectivity index (χ1v) is 9.32. The summed E-state index contributed by atoms with van der Waals surface area (Å²) in [5, 5.41) is 2.95. The van der Waals surface area contributed by atoms with Gasteiger partial charge in [-0.15, -0.1) is 0 Å². The number of carbonyl (C=O) groups excluding carboxylic acids is 1. The number of oxazole rings is 1. The number of halogens is 1. The molecule has 0 bridgehead atoms. The van der Waals surface area contributed by atoms with Gasteiger partial charge in [0.15, 0.2) is 11.2 Å². The van der Waals surface area contributed by atoms with Crippen LogP contribution in [0, 0.1) is 6.92 Å². The third-order valence-electron chi connectivity index (χ3n) is 4.30. The number of hydrogen-bond acceptors (Lipinski definition) is 5. The van der Waals surface area contributed by atoms with Crippen LogP contribution in [0.15, 0.2) is 63.6 Å². The monoisotopic (exact) mass is 437 g/mol. The highest BCUT2D eigenvalue weighted by Crippen LogP contribution is 2.29. The number of nitrogens with one attached hydrogen (secondary N) is 1. The fourth-order valence-electron chi connectivity index (χ4n) is 2.83. The molecule has 1 N–H and O–H groups in total. The first kappa shape index (κ1) is 18.2. The van der Waals surface area contributed by atoms with E-state index in [-0.39, 0.29) is 5.91 Å². The van der Waals surface area contributed by atoms with Gasteiger partial charge in [0.1, 0.15) is 5.75 Å². The molecule has 0 saturated heterocycles. The molecule has 28 heavy (non-hydrogen) atoms. The second-order valence-electron chi connectivity index (χ2n) is 6.17. The molecule has 4 aromatic rings. The summed E-state index contributed by atoms with van der Waals surface area (Å²) >= 11 is 3.39. The van der Waals surface area contributed by atoms with E-state index in [1.54, 1.807) is 24.4 Å². The molecular formula is C21H16BrN3O3. The summed E-state index contributed by atoms with van der Waals surface area (Å²) in [6, 6.07) is 14.5. The molecule has 2 aromatic heterocycles. The van der Waals surface area contributed by atoms with Crippen molar-refractivity contribution in [3.63, 3.8) is 0 Å². The Kier molecular flexibility index (Phi) is 4.83. The molecule has 1 amide bonds. The second-order valence-corrected chi connectivity index (χ2v) is 7.09. The summed E-state index contributed by atoms with van der Waals surface area (Å²) in [6.45, 7) is 1.92. The van der Waals surface area contributed by atoms with Crippen molar-refractivity contribution < 1.29 is 13.9 Å². The van der Waals surface area contributed by atoms with Gasteiger partial charge in [0.2, 0.25) is 5.89 Å². The van der Waals surface area contributed by atoms with Crippen LogP contribution < -0.4 is 10.1 Å². The van der Waals surface area contributed by atoms with Crippen LogP contribution in [0.2, 0.25) is 0 Å². The number of methoxy groups -OCH3 is 1. The fraction of sp³-hybridized carbons (Fsp3) is 0.0952. The molecule has 0 aliphatic carbocycles. The molecule has 0 aliphatic rings. The Bertz CT molecular complexity index is 1150. The van der Waals surface area contributed by atoms with Crippen molar-refractivity contribution in [1.82, 2.24) is 9.97 Å². The lowest BCUT2D eigenvalue weighted by atomic mass is 10.1. The Morgan fingerprint density at radius 1 is 1.18 bits per heavy atom. The summed E-state index contributed by atoms with van der Waals surface area (Å²) in [4.78, 5) is 21.4. The minimum atomic E-state index is -0.266. The van der Waals surface area contributed by atoms with E-state index in [4.69, 9.17) is 9.15 Å². The second kappa shape index (κ2) is 7.44. The van der Waals surface area contributed by atoms with Crippen molar-refractivity contribution in [3.05, 3.63) is 70.3 Å². The number of nitrogens with zero attached hydrogens (tertiary/aromatic N) is 2. The molecule has 0 fully saturated rings. The zero-order chi connectivity index (χ0) is 19.7. The third-order valence-corrected chi connectivity index (χ3v) is 4.80. The minimum absolute atomic E-state index is 0.266. The number of aryl methyl sites for hydroxylation is 1. The smallest absolute Gasteiger partial charge is 0.259 e. The highest BCUT2D eigenvalue weighted by molar-refractivity contribution is 9.10. The van der Waals surface area contributed by atoms with Gasteiger partial charge >= 0.3 is 0 Å². The van der Waals surface area contributed by atoms with E-state index in [1.807, 2.05) is 37.3 Å². The molecule has 0 unspecified atom stereocenters. The van der Waals surface area contributed by atoms with Crippen LogP contribution in [0.1, 0.15) is 15.9 Å². The number of pyridine rings is 1. The summed E-state index contributed by atoms with van der Waals surface area (Å²) in [7, 11) is 1.53. The van der Waals surface area contributed by atoms with Crippen molar-refractivity contribution in [1.29, 1.82) is 0 Å².